The van der Waals surface area contributed by atoms with Crippen LogP contribution in [-0.4, -0.2) is 23.4 Å². The first-order valence-corrected chi connectivity index (χ1v) is 6.70. The number of hydrogen-bond acceptors (Lipinski definition) is 4. The van der Waals surface area contributed by atoms with Gasteiger partial charge in [0.15, 0.2) is 0 Å². The largest absolute Gasteiger partial charge is 0.377 e. The van der Waals surface area contributed by atoms with E-state index in [-0.39, 0.29) is 6.04 Å². The van der Waals surface area contributed by atoms with Crippen molar-refractivity contribution in [2.24, 2.45) is 5.73 Å². The van der Waals surface area contributed by atoms with Crippen LogP contribution >= 0.6 is 11.8 Å². The van der Waals surface area contributed by atoms with Crippen LogP contribution in [0.15, 0.2) is 23.2 Å². The minimum atomic E-state index is 0.0113. The molecule has 88 valence electrons. The first-order chi connectivity index (χ1) is 7.75. The van der Waals surface area contributed by atoms with Crippen LogP contribution in [0.1, 0.15) is 31.5 Å². The molecule has 1 aliphatic heterocycles. The third-order valence-corrected chi connectivity index (χ3v) is 3.80. The molecule has 0 bridgehead atoms. The molecular formula is C12H18N2OS. The maximum atomic E-state index is 5.75. The smallest absolute Gasteiger partial charge is 0.0669 e. The van der Waals surface area contributed by atoms with Gasteiger partial charge in [0.1, 0.15) is 0 Å². The third kappa shape index (κ3) is 3.20. The summed E-state index contributed by atoms with van der Waals surface area (Å²) >= 11 is 1.81. The van der Waals surface area contributed by atoms with Gasteiger partial charge in [0.2, 0.25) is 0 Å². The van der Waals surface area contributed by atoms with E-state index < -0.39 is 0 Å². The molecular weight excluding hydrogens is 220 g/mol. The molecule has 0 amide bonds. The van der Waals surface area contributed by atoms with E-state index in [9.17, 15) is 0 Å². The molecule has 2 N–H and O–H groups in total. The SMILES string of the molecule is C[C@H](N)c1ccc(SCC2CCCO2)cn1. The highest BCUT2D eigenvalue weighted by Crippen LogP contribution is 2.23. The zero-order valence-electron chi connectivity index (χ0n) is 9.56. The lowest BCUT2D eigenvalue weighted by atomic mass is 10.2. The van der Waals surface area contributed by atoms with Crippen LogP contribution in [0.4, 0.5) is 0 Å². The number of rotatable bonds is 4. The summed E-state index contributed by atoms with van der Waals surface area (Å²) < 4.78 is 5.58. The second-order valence-corrected chi connectivity index (χ2v) is 5.25. The van der Waals surface area contributed by atoms with Crippen molar-refractivity contribution in [1.82, 2.24) is 4.98 Å². The molecule has 3 nitrogen and oxygen atoms in total. The van der Waals surface area contributed by atoms with Crippen LogP contribution in [0.3, 0.4) is 0 Å². The van der Waals surface area contributed by atoms with Crippen LogP contribution in [0, 0.1) is 0 Å². The van der Waals surface area contributed by atoms with Crippen molar-refractivity contribution in [3.8, 4) is 0 Å². The molecule has 1 fully saturated rings. The normalized spacial score (nSPS) is 22.2. The van der Waals surface area contributed by atoms with E-state index in [1.165, 1.54) is 17.7 Å². The lowest BCUT2D eigenvalue weighted by Gasteiger charge is -2.09. The van der Waals surface area contributed by atoms with Crippen LogP contribution in [0.5, 0.6) is 0 Å². The Morgan fingerprint density at radius 1 is 1.62 bits per heavy atom. The molecule has 1 aromatic heterocycles. The van der Waals surface area contributed by atoms with Gasteiger partial charge >= 0.3 is 0 Å². The van der Waals surface area contributed by atoms with Crippen molar-refractivity contribution >= 4 is 11.8 Å². The lowest BCUT2D eigenvalue weighted by molar-refractivity contribution is 0.129. The summed E-state index contributed by atoms with van der Waals surface area (Å²) in [6, 6.07) is 4.10. The highest BCUT2D eigenvalue weighted by molar-refractivity contribution is 7.99. The predicted molar refractivity (Wildman–Crippen MR) is 66.5 cm³/mol. The highest BCUT2D eigenvalue weighted by atomic mass is 32.2. The van der Waals surface area contributed by atoms with E-state index in [0.29, 0.717) is 6.10 Å². The number of nitrogens with two attached hydrogens (primary N) is 1. The Kier molecular flexibility index (Phi) is 4.21. The van der Waals surface area contributed by atoms with Crippen LogP contribution < -0.4 is 5.73 Å². The van der Waals surface area contributed by atoms with E-state index in [2.05, 4.69) is 11.1 Å². The average Bonchev–Trinajstić information content (AvgIpc) is 2.80. The van der Waals surface area contributed by atoms with E-state index in [0.717, 1.165) is 18.1 Å². The first kappa shape index (κ1) is 11.9. The van der Waals surface area contributed by atoms with E-state index in [4.69, 9.17) is 10.5 Å². The first-order valence-electron chi connectivity index (χ1n) is 5.71. The number of ether oxygens (including phenoxy) is 1. The van der Waals surface area contributed by atoms with Gasteiger partial charge in [0.05, 0.1) is 11.8 Å². The maximum Gasteiger partial charge on any atom is 0.0669 e. The summed E-state index contributed by atoms with van der Waals surface area (Å²) in [7, 11) is 0. The van der Waals surface area contributed by atoms with Crippen molar-refractivity contribution in [1.29, 1.82) is 0 Å². The minimum Gasteiger partial charge on any atom is -0.377 e. The molecule has 0 aromatic carbocycles. The molecule has 2 rings (SSSR count). The van der Waals surface area contributed by atoms with Gasteiger partial charge in [-0.2, -0.15) is 0 Å². The number of hydrogen-bond donors (Lipinski definition) is 1. The summed E-state index contributed by atoms with van der Waals surface area (Å²) in [4.78, 5) is 5.53. The van der Waals surface area contributed by atoms with Crippen molar-refractivity contribution in [3.05, 3.63) is 24.0 Å². The molecule has 1 aliphatic rings. The van der Waals surface area contributed by atoms with Crippen LogP contribution in [-0.2, 0) is 4.74 Å². The number of pyridine rings is 1. The van der Waals surface area contributed by atoms with Crippen molar-refractivity contribution in [3.63, 3.8) is 0 Å². The maximum absolute atomic E-state index is 5.75. The molecule has 0 spiro atoms. The predicted octanol–water partition coefficient (Wildman–Crippen LogP) is 2.37. The minimum absolute atomic E-state index is 0.0113. The topological polar surface area (TPSA) is 48.1 Å². The fraction of sp³-hybridized carbons (Fsp3) is 0.583. The molecule has 4 heteroatoms. The van der Waals surface area contributed by atoms with Gasteiger partial charge in [-0.1, -0.05) is 0 Å². The zero-order chi connectivity index (χ0) is 11.4. The Hall–Kier alpha value is -0.580. The van der Waals surface area contributed by atoms with E-state index in [1.54, 1.807) is 0 Å². The Bertz CT molecular complexity index is 320. The summed E-state index contributed by atoms with van der Waals surface area (Å²) in [6.07, 6.45) is 4.72. The Morgan fingerprint density at radius 2 is 2.50 bits per heavy atom. The Balaban J connectivity index is 1.84. The zero-order valence-corrected chi connectivity index (χ0v) is 10.4. The number of nitrogens with zero attached hydrogens (tertiary/aromatic N) is 1. The molecule has 1 unspecified atom stereocenters. The molecule has 0 radical (unpaired) electrons. The van der Waals surface area contributed by atoms with Gasteiger partial charge in [0.25, 0.3) is 0 Å². The summed E-state index contributed by atoms with van der Waals surface area (Å²) in [5.41, 5.74) is 6.69. The van der Waals surface area contributed by atoms with Gasteiger partial charge in [-0.05, 0) is 31.9 Å². The fourth-order valence-corrected chi connectivity index (χ4v) is 2.64. The van der Waals surface area contributed by atoms with Crippen molar-refractivity contribution in [2.75, 3.05) is 12.4 Å². The quantitative estimate of drug-likeness (QED) is 0.818. The second-order valence-electron chi connectivity index (χ2n) is 4.15. The standard InChI is InChI=1S/C12H18N2OS/c1-9(13)12-5-4-11(7-14-12)16-8-10-3-2-6-15-10/h4-5,7,9-10H,2-3,6,8,13H2,1H3/t9-,10?/m0/s1. The number of aromatic nitrogens is 1. The summed E-state index contributed by atoms with van der Waals surface area (Å²) in [5, 5.41) is 0. The van der Waals surface area contributed by atoms with Crippen molar-refractivity contribution < 1.29 is 4.74 Å². The molecule has 0 saturated carbocycles. The number of thioether (sulfide) groups is 1. The third-order valence-electron chi connectivity index (χ3n) is 2.69. The van der Waals surface area contributed by atoms with E-state index >= 15 is 0 Å². The second kappa shape index (κ2) is 5.66. The van der Waals surface area contributed by atoms with Crippen molar-refractivity contribution in [2.45, 2.75) is 36.8 Å². The lowest BCUT2D eigenvalue weighted by Crippen LogP contribution is -2.08. The monoisotopic (exact) mass is 238 g/mol. The Morgan fingerprint density at radius 3 is 3.06 bits per heavy atom. The molecule has 1 aromatic rings. The molecule has 2 atom stereocenters. The van der Waals surface area contributed by atoms with Crippen LogP contribution in [0.2, 0.25) is 0 Å². The molecule has 16 heavy (non-hydrogen) atoms. The molecule has 1 saturated heterocycles. The average molecular weight is 238 g/mol. The van der Waals surface area contributed by atoms with Gasteiger partial charge in [-0.15, -0.1) is 11.8 Å². The molecule has 0 aliphatic carbocycles. The fourth-order valence-electron chi connectivity index (χ4n) is 1.71. The summed E-state index contributed by atoms with van der Waals surface area (Å²) in [6.45, 7) is 2.87. The molecule has 2 heterocycles. The van der Waals surface area contributed by atoms with Crippen LogP contribution in [0.25, 0.3) is 0 Å². The van der Waals surface area contributed by atoms with Gasteiger partial charge in [0, 0.05) is 29.5 Å². The van der Waals surface area contributed by atoms with Gasteiger partial charge in [-0.3, -0.25) is 4.98 Å². The summed E-state index contributed by atoms with van der Waals surface area (Å²) in [5.74, 6) is 1.03. The Labute approximate surface area is 101 Å². The van der Waals surface area contributed by atoms with Gasteiger partial charge in [-0.25, -0.2) is 0 Å². The highest BCUT2D eigenvalue weighted by Gasteiger charge is 2.15. The van der Waals surface area contributed by atoms with Gasteiger partial charge < -0.3 is 10.5 Å². The van der Waals surface area contributed by atoms with E-state index in [1.807, 2.05) is 30.9 Å².